The Morgan fingerprint density at radius 1 is 1.43 bits per heavy atom. The molecular weight excluding hydrogens is 356 g/mol. The molecule has 4 rings (SSSR count). The fraction of sp³-hybridized carbons (Fsp3) is 0.316. The Morgan fingerprint density at radius 3 is 3.18 bits per heavy atom. The molecule has 0 bridgehead atoms. The topological polar surface area (TPSA) is 125 Å². The number of carbonyl (C=O) groups is 1. The van der Waals surface area contributed by atoms with Gasteiger partial charge in [-0.3, -0.25) is 4.79 Å². The van der Waals surface area contributed by atoms with Gasteiger partial charge in [-0.25, -0.2) is 14.5 Å². The maximum Gasteiger partial charge on any atom is 0.236 e. The maximum atomic E-state index is 12.0. The van der Waals surface area contributed by atoms with Crippen LogP contribution < -0.4 is 11.1 Å². The number of aromatic nitrogens is 4. The number of rotatable bonds is 4. The van der Waals surface area contributed by atoms with Gasteiger partial charge >= 0.3 is 0 Å². The zero-order valence-electron chi connectivity index (χ0n) is 15.2. The number of nitrogens with zero attached hydrogens (tertiary/aromatic N) is 6. The molecular formula is C19H20N8O. The number of likely N-dealkylation sites (tertiary alicyclic amines) is 1. The van der Waals surface area contributed by atoms with Crippen LogP contribution in [0, 0.1) is 11.3 Å². The molecule has 0 saturated carbocycles. The van der Waals surface area contributed by atoms with Crippen LogP contribution in [0.1, 0.15) is 19.3 Å². The second-order valence-electron chi connectivity index (χ2n) is 6.77. The van der Waals surface area contributed by atoms with E-state index in [4.69, 9.17) is 11.0 Å². The van der Waals surface area contributed by atoms with E-state index in [0.29, 0.717) is 30.4 Å². The number of nitrogens with one attached hydrogen (secondary N) is 1. The highest BCUT2D eigenvalue weighted by Gasteiger charge is 2.23. The fourth-order valence-corrected chi connectivity index (χ4v) is 3.45. The Balaban J connectivity index is 1.53. The standard InChI is InChI=1S/C19H20N8O/c20-6-3-18(28)26-8-1-2-14(12-26)24-17-4-7-22-19(25-17)15-11-23-27-9-5-13(21)10-16(15)27/h4-5,7,9-11,14H,1-3,8,12,21H2,(H,22,24,25)/t14-/m1/s1. The number of hydrogen-bond donors (Lipinski definition) is 2. The summed E-state index contributed by atoms with van der Waals surface area (Å²) in [7, 11) is 0. The summed E-state index contributed by atoms with van der Waals surface area (Å²) in [6, 6.07) is 7.43. The molecule has 0 aliphatic carbocycles. The summed E-state index contributed by atoms with van der Waals surface area (Å²) >= 11 is 0. The number of anilines is 2. The zero-order valence-corrected chi connectivity index (χ0v) is 15.2. The van der Waals surface area contributed by atoms with Gasteiger partial charge in [0.05, 0.1) is 23.3 Å². The molecule has 1 aliphatic rings. The van der Waals surface area contributed by atoms with Crippen LogP contribution in [0.5, 0.6) is 0 Å². The van der Waals surface area contributed by atoms with Crippen molar-refractivity contribution in [3.63, 3.8) is 0 Å². The summed E-state index contributed by atoms with van der Waals surface area (Å²) < 4.78 is 1.73. The third kappa shape index (κ3) is 3.57. The second-order valence-corrected chi connectivity index (χ2v) is 6.77. The Bertz CT molecular complexity index is 1050. The third-order valence-electron chi connectivity index (χ3n) is 4.80. The van der Waals surface area contributed by atoms with Crippen LogP contribution in [0.4, 0.5) is 11.5 Å². The normalized spacial score (nSPS) is 16.7. The molecule has 3 aromatic rings. The van der Waals surface area contributed by atoms with Gasteiger partial charge in [0.2, 0.25) is 5.91 Å². The van der Waals surface area contributed by atoms with E-state index in [2.05, 4.69) is 20.4 Å². The Kier molecular flexibility index (Phi) is 4.76. The first-order chi connectivity index (χ1) is 13.6. The lowest BCUT2D eigenvalue weighted by Gasteiger charge is -2.33. The molecule has 0 spiro atoms. The molecule has 142 valence electrons. The van der Waals surface area contributed by atoms with Crippen molar-refractivity contribution in [1.82, 2.24) is 24.5 Å². The minimum absolute atomic E-state index is 0.0811. The van der Waals surface area contributed by atoms with Crippen LogP contribution >= 0.6 is 0 Å². The van der Waals surface area contributed by atoms with Crippen molar-refractivity contribution in [3.05, 3.63) is 36.8 Å². The summed E-state index contributed by atoms with van der Waals surface area (Å²) in [5.74, 6) is 1.12. The predicted molar refractivity (Wildman–Crippen MR) is 104 cm³/mol. The number of hydrogen-bond acceptors (Lipinski definition) is 7. The number of fused-ring (bicyclic) bond motifs is 1. The fourth-order valence-electron chi connectivity index (χ4n) is 3.45. The van der Waals surface area contributed by atoms with Gasteiger partial charge in [0, 0.05) is 37.2 Å². The van der Waals surface area contributed by atoms with Crippen LogP contribution in [-0.4, -0.2) is 49.5 Å². The number of carbonyl (C=O) groups excluding carboxylic acids is 1. The summed E-state index contributed by atoms with van der Waals surface area (Å²) in [4.78, 5) is 22.7. The van der Waals surface area contributed by atoms with E-state index in [1.165, 1.54) is 0 Å². The third-order valence-corrected chi connectivity index (χ3v) is 4.80. The highest BCUT2D eigenvalue weighted by atomic mass is 16.2. The van der Waals surface area contributed by atoms with Gasteiger partial charge in [-0.05, 0) is 31.0 Å². The minimum Gasteiger partial charge on any atom is -0.399 e. The summed E-state index contributed by atoms with van der Waals surface area (Å²) in [5, 5.41) is 16.4. The van der Waals surface area contributed by atoms with Crippen LogP contribution in [0.15, 0.2) is 36.8 Å². The van der Waals surface area contributed by atoms with E-state index in [9.17, 15) is 4.79 Å². The van der Waals surface area contributed by atoms with Gasteiger partial charge in [0.1, 0.15) is 12.2 Å². The van der Waals surface area contributed by atoms with E-state index in [-0.39, 0.29) is 18.4 Å². The van der Waals surface area contributed by atoms with Crippen molar-refractivity contribution in [2.24, 2.45) is 0 Å². The Morgan fingerprint density at radius 2 is 2.32 bits per heavy atom. The largest absolute Gasteiger partial charge is 0.399 e. The molecule has 0 unspecified atom stereocenters. The molecule has 28 heavy (non-hydrogen) atoms. The molecule has 1 fully saturated rings. The zero-order chi connectivity index (χ0) is 19.5. The van der Waals surface area contributed by atoms with Crippen LogP contribution in [0.25, 0.3) is 16.9 Å². The van der Waals surface area contributed by atoms with Crippen molar-refractivity contribution < 1.29 is 4.79 Å². The highest BCUT2D eigenvalue weighted by molar-refractivity contribution is 5.79. The monoisotopic (exact) mass is 376 g/mol. The first-order valence-electron chi connectivity index (χ1n) is 9.11. The van der Waals surface area contributed by atoms with Gasteiger partial charge in [0.25, 0.3) is 0 Å². The van der Waals surface area contributed by atoms with E-state index in [1.54, 1.807) is 40.1 Å². The van der Waals surface area contributed by atoms with Crippen LogP contribution in [-0.2, 0) is 4.79 Å². The van der Waals surface area contributed by atoms with Gasteiger partial charge in [-0.2, -0.15) is 10.4 Å². The average molecular weight is 376 g/mol. The van der Waals surface area contributed by atoms with E-state index in [1.807, 2.05) is 12.1 Å². The van der Waals surface area contributed by atoms with Gasteiger partial charge < -0.3 is 16.0 Å². The molecule has 0 aromatic carbocycles. The number of nitriles is 1. The van der Waals surface area contributed by atoms with Crippen molar-refractivity contribution in [2.75, 3.05) is 24.1 Å². The maximum absolute atomic E-state index is 12.0. The average Bonchev–Trinajstić information content (AvgIpc) is 3.11. The van der Waals surface area contributed by atoms with Gasteiger partial charge in [0.15, 0.2) is 5.82 Å². The molecule has 1 aliphatic heterocycles. The lowest BCUT2D eigenvalue weighted by molar-refractivity contribution is -0.131. The van der Waals surface area contributed by atoms with Crippen molar-refractivity contribution in [1.29, 1.82) is 5.26 Å². The molecule has 9 heteroatoms. The summed E-state index contributed by atoms with van der Waals surface area (Å²) in [5.41, 5.74) is 8.18. The molecule has 1 atom stereocenters. The predicted octanol–water partition coefficient (Wildman–Crippen LogP) is 1.69. The van der Waals surface area contributed by atoms with E-state index < -0.39 is 0 Å². The van der Waals surface area contributed by atoms with Gasteiger partial charge in [-0.1, -0.05) is 0 Å². The second kappa shape index (κ2) is 7.52. The van der Waals surface area contributed by atoms with E-state index in [0.717, 1.165) is 23.9 Å². The first kappa shape index (κ1) is 17.7. The number of piperidine rings is 1. The summed E-state index contributed by atoms with van der Waals surface area (Å²) in [6.45, 7) is 1.25. The van der Waals surface area contributed by atoms with Crippen molar-refractivity contribution in [2.45, 2.75) is 25.3 Å². The quantitative estimate of drug-likeness (QED) is 0.709. The molecule has 0 radical (unpaired) electrons. The summed E-state index contributed by atoms with van der Waals surface area (Å²) in [6.07, 6.45) is 6.95. The smallest absolute Gasteiger partial charge is 0.236 e. The van der Waals surface area contributed by atoms with Crippen LogP contribution in [0.2, 0.25) is 0 Å². The molecule has 9 nitrogen and oxygen atoms in total. The number of nitrogens with two attached hydrogens (primary N) is 1. The number of nitrogen functional groups attached to an aromatic ring is 1. The van der Waals surface area contributed by atoms with Gasteiger partial charge in [-0.15, -0.1) is 0 Å². The molecule has 1 amide bonds. The Hall–Kier alpha value is -3.67. The molecule has 3 aromatic heterocycles. The molecule has 3 N–H and O–H groups in total. The Labute approximate surface area is 161 Å². The van der Waals surface area contributed by atoms with Crippen molar-refractivity contribution in [3.8, 4) is 17.5 Å². The minimum atomic E-state index is -0.124. The number of amides is 1. The lowest BCUT2D eigenvalue weighted by Crippen LogP contribution is -2.45. The first-order valence-corrected chi connectivity index (χ1v) is 9.11. The molecule has 4 heterocycles. The SMILES string of the molecule is N#CCC(=O)N1CCC[C@@H](Nc2ccnc(-c3cnn4ccc(N)cc34)n2)C1. The van der Waals surface area contributed by atoms with E-state index >= 15 is 0 Å². The number of pyridine rings is 1. The lowest BCUT2D eigenvalue weighted by atomic mass is 10.1. The van der Waals surface area contributed by atoms with Crippen LogP contribution in [0.3, 0.4) is 0 Å². The van der Waals surface area contributed by atoms with Crippen molar-refractivity contribution >= 4 is 22.9 Å². The highest BCUT2D eigenvalue weighted by Crippen LogP contribution is 2.24. The molecule has 1 saturated heterocycles.